The second-order valence-electron chi connectivity index (χ2n) is 15.3. The Labute approximate surface area is 347 Å². The third-order valence-corrected chi connectivity index (χ3v) is 11.8. The molecular formula is C56H36N2O2. The summed E-state index contributed by atoms with van der Waals surface area (Å²) in [7, 11) is 0. The highest BCUT2D eigenvalue weighted by molar-refractivity contribution is 6.18. The standard InChI is InChI=1S/C56H36N2O2/c1-4-16-37(17-5-1)43-22-10-12-26-50(43)57(39-18-6-2-7-19-39)41-31-30-38-34-49-45-33-32-42(36-54(45)59-53-29-15-24-46(55(49)53)48(38)35-41)58(40-20-8-3-9-21-40)51-27-14-25-47-44-23-11-13-28-52(44)60-56(47)51/h1-36H. The van der Waals surface area contributed by atoms with Gasteiger partial charge in [0.05, 0.1) is 17.1 Å². The van der Waals surface area contributed by atoms with Gasteiger partial charge in [-0.05, 0) is 106 Å². The van der Waals surface area contributed by atoms with E-state index in [0.717, 1.165) is 89.5 Å². The highest BCUT2D eigenvalue weighted by Crippen LogP contribution is 2.52. The monoisotopic (exact) mass is 768 g/mol. The zero-order chi connectivity index (χ0) is 39.6. The Morgan fingerprint density at radius 1 is 0.333 bits per heavy atom. The van der Waals surface area contributed by atoms with E-state index in [1.165, 1.54) is 21.9 Å². The first-order chi connectivity index (χ1) is 29.8. The third-order valence-electron chi connectivity index (χ3n) is 11.8. The lowest BCUT2D eigenvalue weighted by Gasteiger charge is -2.29. The van der Waals surface area contributed by atoms with Gasteiger partial charge in [0.2, 0.25) is 0 Å². The second kappa shape index (κ2) is 13.8. The zero-order valence-corrected chi connectivity index (χ0v) is 32.5. The number of benzene rings is 10. The van der Waals surface area contributed by atoms with E-state index in [4.69, 9.17) is 9.15 Å². The molecule has 0 atom stereocenters. The fourth-order valence-electron chi connectivity index (χ4n) is 9.12. The van der Waals surface area contributed by atoms with Gasteiger partial charge in [0, 0.05) is 50.4 Å². The van der Waals surface area contributed by atoms with Crippen molar-refractivity contribution in [3.8, 4) is 33.8 Å². The molecule has 0 N–H and O–H groups in total. The van der Waals surface area contributed by atoms with Crippen LogP contribution in [0, 0.1) is 0 Å². The topological polar surface area (TPSA) is 28.9 Å². The lowest BCUT2D eigenvalue weighted by atomic mass is 9.90. The van der Waals surface area contributed by atoms with E-state index in [2.05, 4.69) is 210 Å². The molecule has 0 saturated heterocycles. The summed E-state index contributed by atoms with van der Waals surface area (Å²) in [6.45, 7) is 0. The Hall–Kier alpha value is -8.08. The van der Waals surface area contributed by atoms with E-state index in [0.29, 0.717) is 0 Å². The Kier molecular flexibility index (Phi) is 7.82. The van der Waals surface area contributed by atoms with Crippen molar-refractivity contribution in [2.45, 2.75) is 0 Å². The maximum Gasteiger partial charge on any atom is 0.159 e. The van der Waals surface area contributed by atoms with Crippen LogP contribution in [0.3, 0.4) is 0 Å². The lowest BCUT2D eigenvalue weighted by Crippen LogP contribution is -2.11. The summed E-state index contributed by atoms with van der Waals surface area (Å²) >= 11 is 0. The van der Waals surface area contributed by atoms with Gasteiger partial charge in [-0.3, -0.25) is 0 Å². The Balaban J connectivity index is 1.01. The number of fused-ring (bicyclic) bond motifs is 7. The van der Waals surface area contributed by atoms with Gasteiger partial charge in [0.1, 0.15) is 17.1 Å². The summed E-state index contributed by atoms with van der Waals surface area (Å²) in [5.74, 6) is 1.66. The average molecular weight is 769 g/mol. The predicted molar refractivity (Wildman–Crippen MR) is 249 cm³/mol. The van der Waals surface area contributed by atoms with Crippen LogP contribution >= 0.6 is 0 Å². The molecule has 282 valence electrons. The summed E-state index contributed by atoms with van der Waals surface area (Å²) in [6, 6.07) is 77.2. The number of anilines is 6. The number of para-hydroxylation sites is 5. The number of furan rings is 1. The summed E-state index contributed by atoms with van der Waals surface area (Å²) in [4.78, 5) is 4.63. The molecule has 60 heavy (non-hydrogen) atoms. The minimum Gasteiger partial charge on any atom is -0.456 e. The molecule has 12 rings (SSSR count). The van der Waals surface area contributed by atoms with E-state index in [1.807, 2.05) is 18.2 Å². The summed E-state index contributed by atoms with van der Waals surface area (Å²) in [5, 5.41) is 6.80. The van der Waals surface area contributed by atoms with Gasteiger partial charge in [-0.25, -0.2) is 0 Å². The SMILES string of the molecule is c1ccc(-c2ccccc2N(c2ccccc2)c2ccc3cc4c5c(cccc5c3c2)Oc2cc(N(c3ccccc3)c3cccc5c3oc3ccccc35)ccc2-4)cc1. The van der Waals surface area contributed by atoms with Gasteiger partial charge >= 0.3 is 0 Å². The first-order valence-corrected chi connectivity index (χ1v) is 20.3. The van der Waals surface area contributed by atoms with Crippen LogP contribution in [-0.4, -0.2) is 0 Å². The molecular weight excluding hydrogens is 733 g/mol. The molecule has 0 fully saturated rings. The van der Waals surface area contributed by atoms with Crippen molar-refractivity contribution in [3.05, 3.63) is 218 Å². The minimum absolute atomic E-state index is 0.814. The highest BCUT2D eigenvalue weighted by atomic mass is 16.5. The van der Waals surface area contributed by atoms with Crippen molar-refractivity contribution < 1.29 is 9.15 Å². The highest BCUT2D eigenvalue weighted by Gasteiger charge is 2.26. The van der Waals surface area contributed by atoms with Crippen LogP contribution in [0.5, 0.6) is 11.5 Å². The first-order valence-electron chi connectivity index (χ1n) is 20.3. The van der Waals surface area contributed by atoms with Crippen molar-refractivity contribution in [1.29, 1.82) is 0 Å². The van der Waals surface area contributed by atoms with Crippen molar-refractivity contribution >= 4 is 77.6 Å². The third kappa shape index (κ3) is 5.46. The van der Waals surface area contributed by atoms with Gasteiger partial charge in [0.15, 0.2) is 5.58 Å². The molecule has 0 aliphatic carbocycles. The molecule has 11 aromatic rings. The zero-order valence-electron chi connectivity index (χ0n) is 32.5. The molecule has 0 saturated carbocycles. The lowest BCUT2D eigenvalue weighted by molar-refractivity contribution is 0.487. The fourth-order valence-corrected chi connectivity index (χ4v) is 9.12. The smallest absolute Gasteiger partial charge is 0.159 e. The average Bonchev–Trinajstić information content (AvgIpc) is 3.70. The number of hydrogen-bond acceptors (Lipinski definition) is 4. The van der Waals surface area contributed by atoms with Gasteiger partial charge in [0.25, 0.3) is 0 Å². The number of ether oxygens (including phenoxy) is 1. The van der Waals surface area contributed by atoms with Crippen LogP contribution in [0.2, 0.25) is 0 Å². The van der Waals surface area contributed by atoms with Gasteiger partial charge in [-0.15, -0.1) is 0 Å². The summed E-state index contributed by atoms with van der Waals surface area (Å²) in [6.07, 6.45) is 0. The molecule has 1 aliphatic rings. The summed E-state index contributed by atoms with van der Waals surface area (Å²) < 4.78 is 13.5. The Morgan fingerprint density at radius 3 is 1.77 bits per heavy atom. The van der Waals surface area contributed by atoms with E-state index in [-0.39, 0.29) is 0 Å². The molecule has 0 amide bonds. The fraction of sp³-hybridized carbons (Fsp3) is 0. The largest absolute Gasteiger partial charge is 0.456 e. The molecule has 1 aromatic heterocycles. The van der Waals surface area contributed by atoms with Crippen LogP contribution in [0.25, 0.3) is 65.7 Å². The van der Waals surface area contributed by atoms with Gasteiger partial charge < -0.3 is 19.0 Å². The first kappa shape index (κ1) is 34.0. The van der Waals surface area contributed by atoms with E-state index < -0.39 is 0 Å². The molecule has 2 heterocycles. The van der Waals surface area contributed by atoms with Crippen molar-refractivity contribution in [2.24, 2.45) is 0 Å². The van der Waals surface area contributed by atoms with Crippen LogP contribution in [0.4, 0.5) is 34.1 Å². The molecule has 0 bridgehead atoms. The van der Waals surface area contributed by atoms with Gasteiger partial charge in [-0.2, -0.15) is 0 Å². The minimum atomic E-state index is 0.814. The van der Waals surface area contributed by atoms with Gasteiger partial charge in [-0.1, -0.05) is 133 Å². The number of rotatable bonds is 7. The maximum absolute atomic E-state index is 6.92. The second-order valence-corrected chi connectivity index (χ2v) is 15.3. The normalized spacial score (nSPS) is 11.8. The molecule has 4 heteroatoms. The molecule has 4 nitrogen and oxygen atoms in total. The quantitative estimate of drug-likeness (QED) is 0.151. The van der Waals surface area contributed by atoms with Crippen molar-refractivity contribution in [2.75, 3.05) is 9.80 Å². The predicted octanol–water partition coefficient (Wildman–Crippen LogP) is 16.3. The van der Waals surface area contributed by atoms with Crippen LogP contribution < -0.4 is 14.5 Å². The molecule has 0 unspecified atom stereocenters. The molecule has 1 aliphatic heterocycles. The van der Waals surface area contributed by atoms with Crippen LogP contribution in [0.15, 0.2) is 223 Å². The van der Waals surface area contributed by atoms with E-state index in [9.17, 15) is 0 Å². The van der Waals surface area contributed by atoms with Crippen molar-refractivity contribution in [3.63, 3.8) is 0 Å². The van der Waals surface area contributed by atoms with Crippen LogP contribution in [0.1, 0.15) is 0 Å². The van der Waals surface area contributed by atoms with Crippen molar-refractivity contribution in [1.82, 2.24) is 0 Å². The summed E-state index contributed by atoms with van der Waals surface area (Å²) in [5.41, 5.74) is 12.5. The van der Waals surface area contributed by atoms with Crippen LogP contribution in [-0.2, 0) is 0 Å². The Morgan fingerprint density at radius 2 is 0.950 bits per heavy atom. The molecule has 0 spiro atoms. The molecule has 0 radical (unpaired) electrons. The number of nitrogens with zero attached hydrogens (tertiary/aromatic N) is 2. The van der Waals surface area contributed by atoms with E-state index in [1.54, 1.807) is 0 Å². The molecule has 10 aromatic carbocycles. The van der Waals surface area contributed by atoms with E-state index >= 15 is 0 Å². The number of hydrogen-bond donors (Lipinski definition) is 0. The maximum atomic E-state index is 6.92. The Bertz CT molecular complexity index is 3410.